The number of rotatable bonds is 2. The number of alkyl halides is 1. The zero-order valence-electron chi connectivity index (χ0n) is 8.35. The minimum absolute atomic E-state index is 0.246. The van der Waals surface area contributed by atoms with Crippen LogP contribution in [0.5, 0.6) is 0 Å². The molecule has 2 nitrogen and oxygen atoms in total. The van der Waals surface area contributed by atoms with Crippen LogP contribution in [0, 0.1) is 0 Å². The molecule has 1 saturated carbocycles. The Balaban J connectivity index is 2.10. The van der Waals surface area contributed by atoms with E-state index in [4.69, 9.17) is 23.2 Å². The molecule has 0 aliphatic heterocycles. The smallest absolute Gasteiger partial charge is 0.166 e. The van der Waals surface area contributed by atoms with Gasteiger partial charge in [-0.25, -0.2) is 9.37 Å². The van der Waals surface area contributed by atoms with Crippen molar-refractivity contribution in [1.82, 2.24) is 9.55 Å². The highest BCUT2D eigenvalue weighted by molar-refractivity contribution is 6.40. The zero-order valence-corrected chi connectivity index (χ0v) is 9.86. The maximum absolute atomic E-state index is 14.3. The number of imidazole rings is 1. The Labute approximate surface area is 98.4 Å². The van der Waals surface area contributed by atoms with Crippen molar-refractivity contribution in [2.45, 2.75) is 44.3 Å². The zero-order chi connectivity index (χ0) is 10.9. The van der Waals surface area contributed by atoms with Gasteiger partial charge in [0, 0.05) is 0 Å². The minimum atomic E-state index is -1.13. The van der Waals surface area contributed by atoms with Gasteiger partial charge >= 0.3 is 0 Å². The van der Waals surface area contributed by atoms with Gasteiger partial charge in [0.05, 0.1) is 12.9 Å². The lowest BCUT2D eigenvalue weighted by atomic mass is 9.86. The third-order valence-electron chi connectivity index (χ3n) is 2.94. The predicted octanol–water partition coefficient (Wildman–Crippen LogP) is 3.86. The first-order chi connectivity index (χ1) is 7.11. The van der Waals surface area contributed by atoms with E-state index in [0.29, 0.717) is 18.0 Å². The van der Waals surface area contributed by atoms with Crippen molar-refractivity contribution in [2.75, 3.05) is 0 Å². The molecular weight excluding hydrogens is 238 g/mol. The molecular formula is C10H13Cl2FN2. The third-order valence-corrected chi connectivity index (χ3v) is 3.71. The van der Waals surface area contributed by atoms with Gasteiger partial charge in [0.15, 0.2) is 5.15 Å². The molecule has 0 atom stereocenters. The van der Waals surface area contributed by atoms with Crippen molar-refractivity contribution in [3.05, 3.63) is 16.6 Å². The predicted molar refractivity (Wildman–Crippen MR) is 59.2 cm³/mol. The molecule has 5 heteroatoms. The fourth-order valence-electron chi connectivity index (χ4n) is 2.10. The highest BCUT2D eigenvalue weighted by Gasteiger charge is 2.32. The largest absolute Gasteiger partial charge is 0.317 e. The van der Waals surface area contributed by atoms with Crippen LogP contribution < -0.4 is 0 Å². The fraction of sp³-hybridized carbons (Fsp3) is 0.700. The minimum Gasteiger partial charge on any atom is -0.317 e. The van der Waals surface area contributed by atoms with Gasteiger partial charge in [-0.1, -0.05) is 42.5 Å². The van der Waals surface area contributed by atoms with Gasteiger partial charge in [0.25, 0.3) is 0 Å². The average molecular weight is 251 g/mol. The first-order valence-corrected chi connectivity index (χ1v) is 5.91. The first-order valence-electron chi connectivity index (χ1n) is 5.16. The quantitative estimate of drug-likeness (QED) is 0.780. The lowest BCUT2D eigenvalue weighted by Crippen LogP contribution is -2.31. The highest BCUT2D eigenvalue weighted by Crippen LogP contribution is 2.34. The van der Waals surface area contributed by atoms with Crippen molar-refractivity contribution >= 4 is 23.2 Å². The molecule has 0 radical (unpaired) electrons. The normalized spacial score (nSPS) is 20.5. The molecule has 0 amide bonds. The van der Waals surface area contributed by atoms with Crippen molar-refractivity contribution in [1.29, 1.82) is 0 Å². The Morgan fingerprint density at radius 3 is 2.53 bits per heavy atom. The van der Waals surface area contributed by atoms with E-state index in [1.54, 1.807) is 4.57 Å². The Morgan fingerprint density at radius 2 is 2.00 bits per heavy atom. The van der Waals surface area contributed by atoms with Gasteiger partial charge in [-0.15, -0.1) is 0 Å². The molecule has 2 rings (SSSR count). The summed E-state index contributed by atoms with van der Waals surface area (Å²) in [5, 5.41) is 0.579. The van der Waals surface area contributed by atoms with Gasteiger partial charge in [-0.05, 0) is 12.8 Å². The van der Waals surface area contributed by atoms with Crippen LogP contribution in [0.25, 0.3) is 0 Å². The van der Waals surface area contributed by atoms with Gasteiger partial charge in [0.1, 0.15) is 10.8 Å². The second-order valence-electron chi connectivity index (χ2n) is 4.17. The fourth-order valence-corrected chi connectivity index (χ4v) is 2.41. The summed E-state index contributed by atoms with van der Waals surface area (Å²) in [7, 11) is 0. The van der Waals surface area contributed by atoms with Crippen molar-refractivity contribution in [2.24, 2.45) is 0 Å². The SMILES string of the molecule is FC1(Cn2cnc(Cl)c2Cl)CCCCC1. The van der Waals surface area contributed by atoms with E-state index in [2.05, 4.69) is 4.98 Å². The van der Waals surface area contributed by atoms with Crippen LogP contribution in [0.4, 0.5) is 4.39 Å². The number of hydrogen-bond acceptors (Lipinski definition) is 1. The first kappa shape index (κ1) is 11.2. The van der Waals surface area contributed by atoms with Crippen LogP contribution in [-0.4, -0.2) is 15.2 Å². The second-order valence-corrected chi connectivity index (χ2v) is 4.88. The molecule has 1 aliphatic rings. The molecule has 84 valence electrons. The number of aromatic nitrogens is 2. The summed E-state index contributed by atoms with van der Waals surface area (Å²) in [5.74, 6) is 0. The van der Waals surface area contributed by atoms with Gasteiger partial charge in [-0.2, -0.15) is 0 Å². The van der Waals surface area contributed by atoms with Crippen LogP contribution in [-0.2, 0) is 6.54 Å². The van der Waals surface area contributed by atoms with E-state index < -0.39 is 5.67 Å². The highest BCUT2D eigenvalue weighted by atomic mass is 35.5. The van der Waals surface area contributed by atoms with Crippen LogP contribution in [0.1, 0.15) is 32.1 Å². The summed E-state index contributed by atoms with van der Waals surface area (Å²) in [4.78, 5) is 3.84. The van der Waals surface area contributed by atoms with E-state index >= 15 is 0 Å². The average Bonchev–Trinajstić information content (AvgIpc) is 2.50. The Kier molecular flexibility index (Phi) is 3.21. The van der Waals surface area contributed by atoms with Crippen LogP contribution in [0.2, 0.25) is 10.3 Å². The van der Waals surface area contributed by atoms with Crippen molar-refractivity contribution in [3.8, 4) is 0 Å². The second kappa shape index (κ2) is 4.30. The summed E-state index contributed by atoms with van der Waals surface area (Å²) in [5.41, 5.74) is -1.13. The van der Waals surface area contributed by atoms with Crippen LogP contribution >= 0.6 is 23.2 Å². The molecule has 1 heterocycles. The molecule has 1 fully saturated rings. The molecule has 1 aromatic rings. The summed E-state index contributed by atoms with van der Waals surface area (Å²) in [6, 6.07) is 0. The summed E-state index contributed by atoms with van der Waals surface area (Å²) in [6.07, 6.45) is 5.76. The number of nitrogens with zero attached hydrogens (tertiary/aromatic N) is 2. The molecule has 0 N–H and O–H groups in total. The Morgan fingerprint density at radius 1 is 1.33 bits per heavy atom. The van der Waals surface area contributed by atoms with E-state index in [-0.39, 0.29) is 11.7 Å². The van der Waals surface area contributed by atoms with Crippen LogP contribution in [0.15, 0.2) is 6.33 Å². The van der Waals surface area contributed by atoms with Crippen LogP contribution in [0.3, 0.4) is 0 Å². The Bertz CT molecular complexity index is 345. The van der Waals surface area contributed by atoms with E-state index in [1.807, 2.05) is 0 Å². The lowest BCUT2D eigenvalue weighted by Gasteiger charge is -2.29. The van der Waals surface area contributed by atoms with Crippen molar-refractivity contribution < 1.29 is 4.39 Å². The molecule has 1 aromatic heterocycles. The van der Waals surface area contributed by atoms with Gasteiger partial charge < -0.3 is 4.57 Å². The number of hydrogen-bond donors (Lipinski definition) is 0. The molecule has 0 saturated heterocycles. The van der Waals surface area contributed by atoms with Gasteiger partial charge in [0.2, 0.25) is 0 Å². The molecule has 0 aromatic carbocycles. The topological polar surface area (TPSA) is 17.8 Å². The Hall–Kier alpha value is -0.280. The molecule has 15 heavy (non-hydrogen) atoms. The molecule has 0 unspecified atom stereocenters. The molecule has 0 spiro atoms. The maximum atomic E-state index is 14.3. The number of halogens is 3. The van der Waals surface area contributed by atoms with E-state index in [0.717, 1.165) is 19.3 Å². The summed E-state index contributed by atoms with van der Waals surface area (Å²) >= 11 is 11.6. The molecule has 1 aliphatic carbocycles. The monoisotopic (exact) mass is 250 g/mol. The summed E-state index contributed by atoms with van der Waals surface area (Å²) in [6.45, 7) is 0.269. The summed E-state index contributed by atoms with van der Waals surface area (Å²) < 4.78 is 15.9. The van der Waals surface area contributed by atoms with E-state index in [9.17, 15) is 4.39 Å². The lowest BCUT2D eigenvalue weighted by molar-refractivity contribution is 0.0858. The van der Waals surface area contributed by atoms with E-state index in [1.165, 1.54) is 6.33 Å². The third kappa shape index (κ3) is 2.45. The van der Waals surface area contributed by atoms with Gasteiger partial charge in [-0.3, -0.25) is 0 Å². The molecule has 0 bridgehead atoms. The van der Waals surface area contributed by atoms with Crippen molar-refractivity contribution in [3.63, 3.8) is 0 Å². The standard InChI is InChI=1S/C10H13Cl2FN2/c11-8-9(12)15(7-14-8)6-10(13)4-2-1-3-5-10/h7H,1-6H2. The maximum Gasteiger partial charge on any atom is 0.166 e.